The number of carboxylic acids is 2. The van der Waals surface area contributed by atoms with Gasteiger partial charge in [-0.1, -0.05) is 0 Å². The van der Waals surface area contributed by atoms with Crippen LogP contribution >= 0.6 is 0 Å². The van der Waals surface area contributed by atoms with Crippen LogP contribution in [0, 0.1) is 0 Å². The van der Waals surface area contributed by atoms with Gasteiger partial charge < -0.3 is 33.1 Å². The summed E-state index contributed by atoms with van der Waals surface area (Å²) in [6.45, 7) is 0.753. The summed E-state index contributed by atoms with van der Waals surface area (Å²) in [5, 5.41) is 18.6. The predicted molar refractivity (Wildman–Crippen MR) is 103 cm³/mol. The number of carbonyl (C=O) groups excluding carboxylic acids is 2. The molecule has 0 aliphatic heterocycles. The molecular formula is C18H34N4O6. The zero-order valence-corrected chi connectivity index (χ0v) is 16.3. The molecule has 0 heterocycles. The van der Waals surface area contributed by atoms with Crippen molar-refractivity contribution in [3.63, 3.8) is 0 Å². The molecular weight excluding hydrogens is 368 g/mol. The Morgan fingerprint density at radius 3 is 1.18 bits per heavy atom. The molecule has 0 spiro atoms. The third kappa shape index (κ3) is 7.63. The van der Waals surface area contributed by atoms with E-state index in [4.69, 9.17) is 22.9 Å². The SMILES string of the molecule is NCCCC[C@](N)(C(=O)O)C(=O)CCCCC(=O)[C@](N)(CCCCN)C(=O)O. The van der Waals surface area contributed by atoms with E-state index >= 15 is 0 Å². The minimum atomic E-state index is -1.97. The van der Waals surface area contributed by atoms with Gasteiger partial charge in [0.15, 0.2) is 22.6 Å². The molecule has 162 valence electrons. The molecule has 0 aliphatic carbocycles. The second-order valence-electron chi connectivity index (χ2n) is 7.10. The molecule has 10 N–H and O–H groups in total. The number of ketones is 2. The first-order valence-corrected chi connectivity index (χ1v) is 9.57. The molecule has 10 nitrogen and oxygen atoms in total. The maximum Gasteiger partial charge on any atom is 0.331 e. The molecule has 2 atom stereocenters. The lowest BCUT2D eigenvalue weighted by molar-refractivity contribution is -0.150. The normalized spacial score (nSPS) is 15.4. The summed E-state index contributed by atoms with van der Waals surface area (Å²) in [5.74, 6) is -4.02. The van der Waals surface area contributed by atoms with E-state index in [9.17, 15) is 29.4 Å². The van der Waals surface area contributed by atoms with Crippen molar-refractivity contribution in [1.29, 1.82) is 0 Å². The minimum absolute atomic E-state index is 0.0106. The lowest BCUT2D eigenvalue weighted by Crippen LogP contribution is -2.55. The summed E-state index contributed by atoms with van der Waals surface area (Å²) in [5.41, 5.74) is 18.4. The Balaban J connectivity index is 4.64. The van der Waals surface area contributed by atoms with Crippen LogP contribution in [0.2, 0.25) is 0 Å². The number of rotatable bonds is 17. The van der Waals surface area contributed by atoms with Crippen molar-refractivity contribution in [1.82, 2.24) is 0 Å². The van der Waals surface area contributed by atoms with Crippen LogP contribution in [0.4, 0.5) is 0 Å². The molecule has 0 saturated heterocycles. The molecule has 0 radical (unpaired) electrons. The van der Waals surface area contributed by atoms with Crippen LogP contribution in [0.1, 0.15) is 64.2 Å². The van der Waals surface area contributed by atoms with E-state index in [-0.39, 0.29) is 38.5 Å². The number of aliphatic carboxylic acids is 2. The van der Waals surface area contributed by atoms with Gasteiger partial charge in [0.25, 0.3) is 0 Å². The molecule has 0 aromatic heterocycles. The summed E-state index contributed by atoms with van der Waals surface area (Å²) in [4.78, 5) is 47.4. The van der Waals surface area contributed by atoms with E-state index in [1.807, 2.05) is 0 Å². The molecule has 28 heavy (non-hydrogen) atoms. The second kappa shape index (κ2) is 12.6. The highest BCUT2D eigenvalue weighted by Gasteiger charge is 2.42. The van der Waals surface area contributed by atoms with Crippen LogP contribution < -0.4 is 22.9 Å². The highest BCUT2D eigenvalue weighted by Crippen LogP contribution is 2.20. The molecule has 0 aliphatic rings. The number of hydrogen-bond acceptors (Lipinski definition) is 8. The fraction of sp³-hybridized carbons (Fsp3) is 0.778. The first kappa shape index (κ1) is 26.1. The summed E-state index contributed by atoms with van der Waals surface area (Å²) in [7, 11) is 0. The summed E-state index contributed by atoms with van der Waals surface area (Å²) >= 11 is 0. The van der Waals surface area contributed by atoms with Gasteiger partial charge >= 0.3 is 11.9 Å². The molecule has 10 heteroatoms. The minimum Gasteiger partial charge on any atom is -0.480 e. The zero-order chi connectivity index (χ0) is 21.8. The van der Waals surface area contributed by atoms with Crippen molar-refractivity contribution in [3.05, 3.63) is 0 Å². The van der Waals surface area contributed by atoms with Crippen molar-refractivity contribution in [2.24, 2.45) is 22.9 Å². The van der Waals surface area contributed by atoms with E-state index in [2.05, 4.69) is 0 Å². The van der Waals surface area contributed by atoms with E-state index in [0.717, 1.165) is 0 Å². The van der Waals surface area contributed by atoms with E-state index in [0.29, 0.717) is 38.8 Å². The van der Waals surface area contributed by atoms with E-state index in [1.165, 1.54) is 0 Å². The van der Waals surface area contributed by atoms with Gasteiger partial charge in [-0.3, -0.25) is 9.59 Å². The number of unbranched alkanes of at least 4 members (excludes halogenated alkanes) is 3. The van der Waals surface area contributed by atoms with Crippen LogP contribution in [-0.4, -0.2) is 57.9 Å². The number of Topliss-reactive ketones (excluding diaryl/α,β-unsaturated/α-hetero) is 2. The number of hydrogen-bond donors (Lipinski definition) is 6. The Morgan fingerprint density at radius 2 is 0.929 bits per heavy atom. The lowest BCUT2D eigenvalue weighted by Gasteiger charge is -2.24. The third-order valence-corrected chi connectivity index (χ3v) is 4.87. The zero-order valence-electron chi connectivity index (χ0n) is 16.3. The fourth-order valence-electron chi connectivity index (χ4n) is 2.84. The lowest BCUT2D eigenvalue weighted by atomic mass is 9.84. The van der Waals surface area contributed by atoms with Gasteiger partial charge in [-0.2, -0.15) is 0 Å². The van der Waals surface area contributed by atoms with Crippen LogP contribution in [0.25, 0.3) is 0 Å². The van der Waals surface area contributed by atoms with Gasteiger partial charge in [-0.25, -0.2) is 9.59 Å². The Labute approximate surface area is 165 Å². The van der Waals surface area contributed by atoms with Gasteiger partial charge in [-0.05, 0) is 64.5 Å². The smallest absolute Gasteiger partial charge is 0.331 e. The van der Waals surface area contributed by atoms with Crippen molar-refractivity contribution in [3.8, 4) is 0 Å². The highest BCUT2D eigenvalue weighted by molar-refractivity contribution is 6.08. The molecule has 0 unspecified atom stereocenters. The van der Waals surface area contributed by atoms with Crippen LogP contribution in [0.5, 0.6) is 0 Å². The summed E-state index contributed by atoms with van der Waals surface area (Å²) in [6.07, 6.45) is 2.14. The summed E-state index contributed by atoms with van der Waals surface area (Å²) < 4.78 is 0. The largest absolute Gasteiger partial charge is 0.480 e. The van der Waals surface area contributed by atoms with Gasteiger partial charge in [0.1, 0.15) is 0 Å². The quantitative estimate of drug-likeness (QED) is 0.135. The molecule has 0 bridgehead atoms. The average Bonchev–Trinajstić information content (AvgIpc) is 2.64. The van der Waals surface area contributed by atoms with E-state index < -0.39 is 34.6 Å². The molecule has 0 aromatic rings. The first-order chi connectivity index (χ1) is 13.1. The molecule has 0 amide bonds. The van der Waals surface area contributed by atoms with Gasteiger partial charge in [0.2, 0.25) is 0 Å². The van der Waals surface area contributed by atoms with Crippen molar-refractivity contribution >= 4 is 23.5 Å². The fourth-order valence-corrected chi connectivity index (χ4v) is 2.84. The standard InChI is InChI=1S/C18H34N4O6/c19-11-5-3-9-17(21,15(25)26)13(23)7-1-2-8-14(24)18(22,16(27)28)10-4-6-12-20/h1-12,19-22H2,(H,25,26)(H,27,28)/t17-,18-/m1/s1. The number of carbonyl (C=O) groups is 4. The van der Waals surface area contributed by atoms with Gasteiger partial charge in [-0.15, -0.1) is 0 Å². The van der Waals surface area contributed by atoms with Crippen LogP contribution in [-0.2, 0) is 19.2 Å². The molecule has 0 fully saturated rings. The van der Waals surface area contributed by atoms with Gasteiger partial charge in [0, 0.05) is 12.8 Å². The Kier molecular flexibility index (Phi) is 11.7. The van der Waals surface area contributed by atoms with Crippen LogP contribution in [0.3, 0.4) is 0 Å². The van der Waals surface area contributed by atoms with Crippen molar-refractivity contribution in [2.75, 3.05) is 13.1 Å². The maximum absolute atomic E-state index is 12.3. The van der Waals surface area contributed by atoms with Crippen LogP contribution in [0.15, 0.2) is 0 Å². The molecule has 0 saturated carbocycles. The first-order valence-electron chi connectivity index (χ1n) is 9.57. The third-order valence-electron chi connectivity index (χ3n) is 4.87. The highest BCUT2D eigenvalue weighted by atomic mass is 16.4. The number of carboxylic acid groups (broad SMARTS) is 2. The molecule has 0 rings (SSSR count). The topological polar surface area (TPSA) is 213 Å². The monoisotopic (exact) mass is 402 g/mol. The van der Waals surface area contributed by atoms with Crippen molar-refractivity contribution in [2.45, 2.75) is 75.3 Å². The number of nitrogens with two attached hydrogens (primary N) is 4. The van der Waals surface area contributed by atoms with E-state index in [1.54, 1.807) is 0 Å². The maximum atomic E-state index is 12.3. The summed E-state index contributed by atoms with van der Waals surface area (Å²) in [6, 6.07) is 0. The Morgan fingerprint density at radius 1 is 0.607 bits per heavy atom. The van der Waals surface area contributed by atoms with Gasteiger partial charge in [0.05, 0.1) is 0 Å². The predicted octanol–water partition coefficient (Wildman–Crippen LogP) is -0.493. The van der Waals surface area contributed by atoms with Crippen molar-refractivity contribution < 1.29 is 29.4 Å². The Hall–Kier alpha value is -1.88. The second-order valence-corrected chi connectivity index (χ2v) is 7.10. The average molecular weight is 402 g/mol. The molecule has 0 aromatic carbocycles. The Bertz CT molecular complexity index is 508.